The monoisotopic (exact) mass is 329 g/mol. The van der Waals surface area contributed by atoms with Crippen LogP contribution in [0.15, 0.2) is 47.6 Å². The molecule has 8 nitrogen and oxygen atoms in total. The molecule has 0 aliphatic heterocycles. The molecule has 0 bridgehead atoms. The van der Waals surface area contributed by atoms with Gasteiger partial charge in [-0.1, -0.05) is 12.1 Å². The molecule has 0 saturated carbocycles. The zero-order chi connectivity index (χ0) is 17.5. The fourth-order valence-electron chi connectivity index (χ4n) is 1.90. The van der Waals surface area contributed by atoms with Crippen LogP contribution in [0.2, 0.25) is 0 Å². The number of nitro benzene ring substituents is 1. The number of aromatic hydroxyl groups is 1. The van der Waals surface area contributed by atoms with E-state index < -0.39 is 10.8 Å². The summed E-state index contributed by atoms with van der Waals surface area (Å²) in [7, 11) is 0. The maximum atomic E-state index is 11.9. The van der Waals surface area contributed by atoms with Crippen molar-refractivity contribution >= 4 is 17.8 Å². The molecule has 2 aromatic rings. The molecule has 124 valence electrons. The Morgan fingerprint density at radius 3 is 2.83 bits per heavy atom. The Morgan fingerprint density at radius 1 is 1.38 bits per heavy atom. The van der Waals surface area contributed by atoms with Crippen molar-refractivity contribution in [3.63, 3.8) is 0 Å². The highest BCUT2D eigenvalue weighted by molar-refractivity contribution is 5.95. The van der Waals surface area contributed by atoms with Crippen LogP contribution in [0.25, 0.3) is 0 Å². The molecule has 0 unspecified atom stereocenters. The number of amides is 1. The molecule has 0 spiro atoms. The first-order chi connectivity index (χ1) is 11.5. The topological polar surface area (TPSA) is 114 Å². The normalized spacial score (nSPS) is 10.5. The summed E-state index contributed by atoms with van der Waals surface area (Å²) in [4.78, 5) is 22.0. The number of phenolic OH excluding ortho intramolecular Hbond substituents is 1. The third kappa shape index (κ3) is 4.07. The summed E-state index contributed by atoms with van der Waals surface area (Å²) in [5.41, 5.74) is 2.53. The zero-order valence-corrected chi connectivity index (χ0v) is 12.8. The summed E-state index contributed by atoms with van der Waals surface area (Å²) in [6.45, 7) is 2.19. The highest BCUT2D eigenvalue weighted by Gasteiger charge is 2.11. The summed E-state index contributed by atoms with van der Waals surface area (Å²) in [5.74, 6) is -0.380. The van der Waals surface area contributed by atoms with E-state index in [9.17, 15) is 20.0 Å². The summed E-state index contributed by atoms with van der Waals surface area (Å²) in [5, 5.41) is 24.4. The highest BCUT2D eigenvalue weighted by Crippen LogP contribution is 2.28. The van der Waals surface area contributed by atoms with Gasteiger partial charge < -0.3 is 9.84 Å². The van der Waals surface area contributed by atoms with Crippen LogP contribution in [0.5, 0.6) is 11.5 Å². The van der Waals surface area contributed by atoms with Crippen molar-refractivity contribution in [1.82, 2.24) is 5.43 Å². The Hall–Kier alpha value is -3.42. The number of nitrogens with zero attached hydrogens (tertiary/aromatic N) is 2. The lowest BCUT2D eigenvalue weighted by molar-refractivity contribution is -0.384. The van der Waals surface area contributed by atoms with Crippen LogP contribution in [0.3, 0.4) is 0 Å². The number of ether oxygens (including phenoxy) is 1. The van der Waals surface area contributed by atoms with E-state index >= 15 is 0 Å². The number of benzene rings is 2. The van der Waals surface area contributed by atoms with Crippen molar-refractivity contribution in [2.24, 2.45) is 5.10 Å². The molecule has 0 aliphatic rings. The van der Waals surface area contributed by atoms with Gasteiger partial charge in [-0.15, -0.1) is 0 Å². The van der Waals surface area contributed by atoms with E-state index in [1.807, 2.05) is 0 Å². The predicted octanol–water partition coefficient (Wildman–Crippen LogP) is 2.46. The van der Waals surface area contributed by atoms with Crippen LogP contribution in [0.1, 0.15) is 22.8 Å². The number of carbonyl (C=O) groups excluding carboxylic acids is 1. The van der Waals surface area contributed by atoms with Crippen molar-refractivity contribution in [3.8, 4) is 11.5 Å². The summed E-state index contributed by atoms with van der Waals surface area (Å²) in [6.07, 6.45) is 1.26. The minimum Gasteiger partial charge on any atom is -0.504 e. The van der Waals surface area contributed by atoms with Crippen LogP contribution in [0.4, 0.5) is 5.69 Å². The molecule has 0 atom stereocenters. The lowest BCUT2D eigenvalue weighted by Crippen LogP contribution is -2.17. The second-order valence-corrected chi connectivity index (χ2v) is 4.63. The van der Waals surface area contributed by atoms with E-state index in [2.05, 4.69) is 10.5 Å². The van der Waals surface area contributed by atoms with Gasteiger partial charge in [0.1, 0.15) is 0 Å². The van der Waals surface area contributed by atoms with E-state index in [4.69, 9.17) is 4.74 Å². The first kappa shape index (κ1) is 16.9. The largest absolute Gasteiger partial charge is 0.504 e. The van der Waals surface area contributed by atoms with Gasteiger partial charge in [0, 0.05) is 23.3 Å². The number of rotatable bonds is 6. The SMILES string of the molecule is CCOc1cccc(C=NNC(=O)c2cccc([N+](=O)[O-])c2)c1O. The average molecular weight is 329 g/mol. The number of phenols is 1. The molecule has 0 heterocycles. The Kier molecular flexibility index (Phi) is 5.45. The van der Waals surface area contributed by atoms with Gasteiger partial charge in [-0.25, -0.2) is 5.43 Å². The Balaban J connectivity index is 2.09. The number of nitro groups is 1. The van der Waals surface area contributed by atoms with Crippen LogP contribution in [-0.2, 0) is 0 Å². The van der Waals surface area contributed by atoms with Crippen molar-refractivity contribution in [2.75, 3.05) is 6.61 Å². The Labute approximate surface area is 137 Å². The number of hydrazone groups is 1. The van der Waals surface area contributed by atoms with Crippen LogP contribution in [0, 0.1) is 10.1 Å². The van der Waals surface area contributed by atoms with Crippen molar-refractivity contribution < 1.29 is 19.6 Å². The molecule has 0 aliphatic carbocycles. The maximum absolute atomic E-state index is 11.9. The van der Waals surface area contributed by atoms with Gasteiger partial charge >= 0.3 is 0 Å². The molecule has 8 heteroatoms. The molecule has 0 aromatic heterocycles. The standard InChI is InChI=1S/C16H15N3O5/c1-2-24-14-8-4-6-12(15(14)20)10-17-18-16(21)11-5-3-7-13(9-11)19(22)23/h3-10,20H,2H2,1H3,(H,18,21). The molecular formula is C16H15N3O5. The van der Waals surface area contributed by atoms with Crippen molar-refractivity contribution in [3.05, 3.63) is 63.7 Å². The van der Waals surface area contributed by atoms with E-state index in [0.29, 0.717) is 17.9 Å². The molecule has 0 saturated heterocycles. The predicted molar refractivity (Wildman–Crippen MR) is 87.4 cm³/mol. The van der Waals surface area contributed by atoms with E-state index in [0.717, 1.165) is 6.07 Å². The van der Waals surface area contributed by atoms with Gasteiger partial charge in [0.05, 0.1) is 17.7 Å². The third-order valence-corrected chi connectivity index (χ3v) is 3.02. The number of carbonyl (C=O) groups is 1. The molecule has 24 heavy (non-hydrogen) atoms. The second-order valence-electron chi connectivity index (χ2n) is 4.63. The molecule has 2 N–H and O–H groups in total. The maximum Gasteiger partial charge on any atom is 0.271 e. The number of para-hydroxylation sites is 1. The molecule has 2 rings (SSSR count). The van der Waals surface area contributed by atoms with E-state index in [1.165, 1.54) is 24.4 Å². The summed E-state index contributed by atoms with van der Waals surface area (Å²) >= 11 is 0. The first-order valence-corrected chi connectivity index (χ1v) is 7.05. The van der Waals surface area contributed by atoms with Gasteiger partial charge in [-0.3, -0.25) is 14.9 Å². The van der Waals surface area contributed by atoms with Gasteiger partial charge in [-0.05, 0) is 25.1 Å². The lowest BCUT2D eigenvalue weighted by atomic mass is 10.2. The van der Waals surface area contributed by atoms with Crippen molar-refractivity contribution in [1.29, 1.82) is 0 Å². The second kappa shape index (κ2) is 7.73. The summed E-state index contributed by atoms with van der Waals surface area (Å²) in [6, 6.07) is 10.2. The Bertz CT molecular complexity index is 789. The van der Waals surface area contributed by atoms with Crippen LogP contribution < -0.4 is 10.2 Å². The number of non-ortho nitro benzene ring substituents is 1. The fraction of sp³-hybridized carbons (Fsp3) is 0.125. The van der Waals surface area contributed by atoms with Crippen molar-refractivity contribution in [2.45, 2.75) is 6.92 Å². The highest BCUT2D eigenvalue weighted by atomic mass is 16.6. The van der Waals surface area contributed by atoms with Crippen LogP contribution >= 0.6 is 0 Å². The minimum atomic E-state index is -0.601. The molecule has 1 amide bonds. The van der Waals surface area contributed by atoms with E-state index in [-0.39, 0.29) is 17.0 Å². The zero-order valence-electron chi connectivity index (χ0n) is 12.8. The quantitative estimate of drug-likeness (QED) is 0.480. The fourth-order valence-corrected chi connectivity index (χ4v) is 1.90. The van der Waals surface area contributed by atoms with Gasteiger partial charge in [0.25, 0.3) is 11.6 Å². The van der Waals surface area contributed by atoms with Gasteiger partial charge in [0.15, 0.2) is 11.5 Å². The molecule has 0 fully saturated rings. The first-order valence-electron chi connectivity index (χ1n) is 7.05. The van der Waals surface area contributed by atoms with Crippen LogP contribution in [-0.4, -0.2) is 28.8 Å². The van der Waals surface area contributed by atoms with Gasteiger partial charge in [0.2, 0.25) is 0 Å². The summed E-state index contributed by atoms with van der Waals surface area (Å²) < 4.78 is 5.25. The molecular weight excluding hydrogens is 314 g/mol. The third-order valence-electron chi connectivity index (χ3n) is 3.02. The van der Waals surface area contributed by atoms with Gasteiger partial charge in [-0.2, -0.15) is 5.10 Å². The number of hydrogen-bond acceptors (Lipinski definition) is 6. The molecule has 0 radical (unpaired) electrons. The minimum absolute atomic E-state index is 0.0901. The number of nitrogens with one attached hydrogen (secondary N) is 1. The lowest BCUT2D eigenvalue weighted by Gasteiger charge is -2.07. The van der Waals surface area contributed by atoms with E-state index in [1.54, 1.807) is 25.1 Å². The smallest absolute Gasteiger partial charge is 0.271 e. The average Bonchev–Trinajstić information content (AvgIpc) is 2.58. The number of hydrogen-bond donors (Lipinski definition) is 2. The molecule has 2 aromatic carbocycles. The Morgan fingerprint density at radius 2 is 2.12 bits per heavy atom.